The molecule has 1 aromatic rings. The van der Waals surface area contributed by atoms with E-state index in [0.717, 1.165) is 4.57 Å². The first kappa shape index (κ1) is 17.8. The third-order valence-corrected chi connectivity index (χ3v) is 3.81. The minimum Gasteiger partial charge on any atom is -0.383 e. The van der Waals surface area contributed by atoms with E-state index in [1.165, 1.54) is 12.4 Å². The lowest BCUT2D eigenvalue weighted by atomic mass is 10.3. The van der Waals surface area contributed by atoms with E-state index < -0.39 is 6.55 Å². The summed E-state index contributed by atoms with van der Waals surface area (Å²) >= 11 is 0. The number of alkyl halides is 2. The van der Waals surface area contributed by atoms with Crippen molar-refractivity contribution in [2.24, 2.45) is 0 Å². The molecule has 2 heterocycles. The maximum Gasteiger partial charge on any atom is 0.319 e. The Morgan fingerprint density at radius 1 is 1.39 bits per heavy atom. The fraction of sp³-hybridized carbons (Fsp3) is 0.714. The van der Waals surface area contributed by atoms with Crippen molar-refractivity contribution in [2.45, 2.75) is 13.1 Å². The Kier molecular flexibility index (Phi) is 6.87. The second-order valence-electron chi connectivity index (χ2n) is 5.35. The zero-order valence-electron chi connectivity index (χ0n) is 13.3. The summed E-state index contributed by atoms with van der Waals surface area (Å²) in [4.78, 5) is 19.8. The first-order valence-corrected chi connectivity index (χ1v) is 7.61. The molecular weight excluding hydrogens is 308 g/mol. The van der Waals surface area contributed by atoms with Crippen LogP contribution in [0.5, 0.6) is 0 Å². The molecule has 0 aliphatic carbocycles. The molecule has 2 rings (SSSR count). The van der Waals surface area contributed by atoms with Gasteiger partial charge in [0.2, 0.25) is 5.91 Å². The smallest absolute Gasteiger partial charge is 0.319 e. The molecule has 1 fully saturated rings. The molecule has 1 saturated heterocycles. The van der Waals surface area contributed by atoms with Gasteiger partial charge in [-0.2, -0.15) is 8.78 Å². The Hall–Kier alpha value is -1.58. The summed E-state index contributed by atoms with van der Waals surface area (Å²) in [5, 5.41) is 3.02. The normalized spacial score (nSPS) is 16.3. The minimum atomic E-state index is -2.58. The molecule has 1 aliphatic rings. The van der Waals surface area contributed by atoms with Crippen molar-refractivity contribution in [3.8, 4) is 0 Å². The van der Waals surface area contributed by atoms with E-state index in [0.29, 0.717) is 58.2 Å². The summed E-state index contributed by atoms with van der Waals surface area (Å²) in [6, 6.07) is 0. The lowest BCUT2D eigenvalue weighted by molar-refractivity contribution is -0.132. The van der Waals surface area contributed by atoms with Crippen molar-refractivity contribution < 1.29 is 18.3 Å². The second kappa shape index (κ2) is 8.90. The number of rotatable bonds is 8. The minimum absolute atomic E-state index is 0.0508. The quantitative estimate of drug-likeness (QED) is 0.688. The van der Waals surface area contributed by atoms with Crippen LogP contribution in [0.1, 0.15) is 12.4 Å². The van der Waals surface area contributed by atoms with Gasteiger partial charge in [-0.15, -0.1) is 0 Å². The van der Waals surface area contributed by atoms with Crippen LogP contribution in [0.2, 0.25) is 0 Å². The number of carbonyl (C=O) groups is 1. The predicted octanol–water partition coefficient (Wildman–Crippen LogP) is 0.158. The Labute approximate surface area is 134 Å². The van der Waals surface area contributed by atoms with Gasteiger partial charge in [-0.25, -0.2) is 4.98 Å². The van der Waals surface area contributed by atoms with E-state index in [2.05, 4.69) is 10.3 Å². The van der Waals surface area contributed by atoms with Gasteiger partial charge in [-0.05, 0) is 0 Å². The van der Waals surface area contributed by atoms with Crippen molar-refractivity contribution in [1.82, 2.24) is 24.7 Å². The van der Waals surface area contributed by atoms with Crippen molar-refractivity contribution in [3.05, 3.63) is 18.2 Å². The fourth-order valence-electron chi connectivity index (χ4n) is 2.48. The summed E-state index contributed by atoms with van der Waals surface area (Å²) in [7, 11) is 1.61. The van der Waals surface area contributed by atoms with Crippen LogP contribution in [-0.4, -0.2) is 78.2 Å². The highest BCUT2D eigenvalue weighted by Crippen LogP contribution is 2.14. The molecule has 1 aliphatic heterocycles. The first-order valence-electron chi connectivity index (χ1n) is 7.61. The van der Waals surface area contributed by atoms with E-state index in [1.54, 1.807) is 12.0 Å². The van der Waals surface area contributed by atoms with E-state index in [9.17, 15) is 13.6 Å². The van der Waals surface area contributed by atoms with E-state index >= 15 is 0 Å². The molecular formula is C14H23F2N5O2. The summed E-state index contributed by atoms with van der Waals surface area (Å²) in [6.45, 7) is 1.79. The monoisotopic (exact) mass is 331 g/mol. The van der Waals surface area contributed by atoms with Gasteiger partial charge in [-0.3, -0.25) is 14.3 Å². The van der Waals surface area contributed by atoms with Crippen molar-refractivity contribution in [1.29, 1.82) is 0 Å². The van der Waals surface area contributed by atoms with Gasteiger partial charge < -0.3 is 15.0 Å². The molecule has 130 valence electrons. The van der Waals surface area contributed by atoms with Gasteiger partial charge in [0, 0.05) is 52.2 Å². The molecule has 0 saturated carbocycles. The number of hydrogen-bond acceptors (Lipinski definition) is 5. The highest BCUT2D eigenvalue weighted by molar-refractivity contribution is 5.78. The third-order valence-electron chi connectivity index (χ3n) is 3.81. The number of methoxy groups -OCH3 is 1. The van der Waals surface area contributed by atoms with Crippen LogP contribution in [0.3, 0.4) is 0 Å². The lowest BCUT2D eigenvalue weighted by Gasteiger charge is -2.34. The molecule has 0 bridgehead atoms. The number of nitrogens with zero attached hydrogens (tertiary/aromatic N) is 4. The van der Waals surface area contributed by atoms with Gasteiger partial charge >= 0.3 is 6.55 Å². The van der Waals surface area contributed by atoms with Gasteiger partial charge in [-0.1, -0.05) is 0 Å². The average molecular weight is 331 g/mol. The molecule has 1 N–H and O–H groups in total. The number of nitrogens with one attached hydrogen (secondary N) is 1. The molecule has 9 heteroatoms. The van der Waals surface area contributed by atoms with Crippen LogP contribution in [0.25, 0.3) is 0 Å². The molecule has 0 unspecified atom stereocenters. The predicted molar refractivity (Wildman–Crippen MR) is 80.1 cm³/mol. The zero-order chi connectivity index (χ0) is 16.7. The van der Waals surface area contributed by atoms with Crippen LogP contribution in [0.4, 0.5) is 8.78 Å². The van der Waals surface area contributed by atoms with Crippen LogP contribution in [0.15, 0.2) is 12.4 Å². The molecule has 1 amide bonds. The number of carbonyl (C=O) groups excluding carboxylic acids is 1. The molecule has 7 nitrogen and oxygen atoms in total. The third kappa shape index (κ3) is 5.22. The highest BCUT2D eigenvalue weighted by Gasteiger charge is 2.22. The maximum absolute atomic E-state index is 12.8. The number of halogens is 2. The summed E-state index contributed by atoms with van der Waals surface area (Å²) < 4.78 is 31.4. The Morgan fingerprint density at radius 3 is 2.78 bits per heavy atom. The molecule has 0 aromatic carbocycles. The number of piperazine rings is 1. The SMILES string of the molecule is COCCNCC(=O)N1CCN(Cc2nccn2C(F)F)CC1. The van der Waals surface area contributed by atoms with E-state index in [-0.39, 0.29) is 5.91 Å². The zero-order valence-corrected chi connectivity index (χ0v) is 13.3. The van der Waals surface area contributed by atoms with E-state index in [4.69, 9.17) is 4.74 Å². The molecule has 0 spiro atoms. The standard InChI is InChI=1S/C14H23F2N5O2/c1-23-9-3-17-10-13(22)20-7-5-19(6-8-20)11-12-18-2-4-21(12)14(15)16/h2,4,14,17H,3,5-11H2,1H3. The van der Waals surface area contributed by atoms with Gasteiger partial charge in [0.15, 0.2) is 0 Å². The molecule has 0 radical (unpaired) electrons. The fourth-order valence-corrected chi connectivity index (χ4v) is 2.48. The number of aromatic nitrogens is 2. The number of ether oxygens (including phenoxy) is 1. The number of imidazole rings is 1. The van der Waals surface area contributed by atoms with Crippen molar-refractivity contribution in [2.75, 3.05) is 53.0 Å². The van der Waals surface area contributed by atoms with Gasteiger partial charge in [0.1, 0.15) is 5.82 Å². The van der Waals surface area contributed by atoms with Crippen molar-refractivity contribution >= 4 is 5.91 Å². The maximum atomic E-state index is 12.8. The summed E-state index contributed by atoms with van der Waals surface area (Å²) in [6.07, 6.45) is 2.67. The topological polar surface area (TPSA) is 62.6 Å². The molecule has 0 atom stereocenters. The second-order valence-corrected chi connectivity index (χ2v) is 5.35. The lowest BCUT2D eigenvalue weighted by Crippen LogP contribution is -2.50. The number of amides is 1. The first-order chi connectivity index (χ1) is 11.1. The van der Waals surface area contributed by atoms with Crippen LogP contribution >= 0.6 is 0 Å². The Morgan fingerprint density at radius 2 is 2.13 bits per heavy atom. The van der Waals surface area contributed by atoms with Crippen LogP contribution in [-0.2, 0) is 16.1 Å². The van der Waals surface area contributed by atoms with Crippen molar-refractivity contribution in [3.63, 3.8) is 0 Å². The molecule has 1 aromatic heterocycles. The molecule has 23 heavy (non-hydrogen) atoms. The van der Waals surface area contributed by atoms with E-state index in [1.807, 2.05) is 4.90 Å². The van der Waals surface area contributed by atoms with Crippen LogP contribution in [0, 0.1) is 0 Å². The largest absolute Gasteiger partial charge is 0.383 e. The van der Waals surface area contributed by atoms with Crippen LogP contribution < -0.4 is 5.32 Å². The number of hydrogen-bond donors (Lipinski definition) is 1. The van der Waals surface area contributed by atoms with Gasteiger partial charge in [0.25, 0.3) is 0 Å². The summed E-state index contributed by atoms with van der Waals surface area (Å²) in [5.41, 5.74) is 0. The summed E-state index contributed by atoms with van der Waals surface area (Å²) in [5.74, 6) is 0.399. The Balaban J connectivity index is 1.73. The highest BCUT2D eigenvalue weighted by atomic mass is 19.3. The van der Waals surface area contributed by atoms with Gasteiger partial charge in [0.05, 0.1) is 19.7 Å². The Bertz CT molecular complexity index is 489. The average Bonchev–Trinajstić information content (AvgIpc) is 3.00.